The van der Waals surface area contributed by atoms with E-state index in [1.165, 1.54) is 18.4 Å². The van der Waals surface area contributed by atoms with Crippen molar-refractivity contribution in [3.63, 3.8) is 0 Å². The number of H-pyrrole nitrogens is 1. The second-order valence-electron chi connectivity index (χ2n) is 11.9. The number of hydrogen-bond donors (Lipinski definition) is 3. The lowest BCUT2D eigenvalue weighted by Gasteiger charge is -2.23. The van der Waals surface area contributed by atoms with Gasteiger partial charge in [-0.2, -0.15) is 0 Å². The molecule has 0 bridgehead atoms. The van der Waals surface area contributed by atoms with Crippen LogP contribution in [0.4, 0.5) is 0 Å². The van der Waals surface area contributed by atoms with Crippen molar-refractivity contribution in [2.24, 2.45) is 0 Å². The first kappa shape index (κ1) is 26.8. The summed E-state index contributed by atoms with van der Waals surface area (Å²) in [5.74, 6) is 0.388. The average Bonchev–Trinajstić information content (AvgIpc) is 3.65. The highest BCUT2D eigenvalue weighted by molar-refractivity contribution is 5.94. The van der Waals surface area contributed by atoms with Gasteiger partial charge in [-0.05, 0) is 93.9 Å². The van der Waals surface area contributed by atoms with Crippen LogP contribution >= 0.6 is 0 Å². The van der Waals surface area contributed by atoms with Gasteiger partial charge in [0.25, 0.3) is 5.91 Å². The van der Waals surface area contributed by atoms with E-state index in [9.17, 15) is 4.79 Å². The fourth-order valence-electron chi connectivity index (χ4n) is 5.42. The minimum absolute atomic E-state index is 0.234. The highest BCUT2D eigenvalue weighted by Crippen LogP contribution is 2.32. The molecule has 3 N–H and O–H groups in total. The minimum atomic E-state index is -0.245. The maximum atomic E-state index is 12.7. The third kappa shape index (κ3) is 5.63. The van der Waals surface area contributed by atoms with Crippen LogP contribution in [0.25, 0.3) is 33.5 Å². The first-order chi connectivity index (χ1) is 19.8. The van der Waals surface area contributed by atoms with Gasteiger partial charge >= 0.3 is 0 Å². The molecule has 2 aromatic carbocycles. The van der Waals surface area contributed by atoms with Gasteiger partial charge in [0, 0.05) is 23.2 Å². The van der Waals surface area contributed by atoms with Crippen molar-refractivity contribution in [1.29, 1.82) is 0 Å². The highest BCUT2D eigenvalue weighted by Gasteiger charge is 2.19. The van der Waals surface area contributed by atoms with Crippen LogP contribution in [0.3, 0.4) is 0 Å². The van der Waals surface area contributed by atoms with Crippen molar-refractivity contribution in [3.05, 3.63) is 83.4 Å². The molecule has 41 heavy (non-hydrogen) atoms. The molecule has 9 nitrogen and oxygen atoms in total. The summed E-state index contributed by atoms with van der Waals surface area (Å²) >= 11 is 0. The van der Waals surface area contributed by atoms with Crippen LogP contribution in [0.5, 0.6) is 0 Å². The lowest BCUT2D eigenvalue weighted by Crippen LogP contribution is -2.26. The second-order valence-corrected chi connectivity index (χ2v) is 11.9. The van der Waals surface area contributed by atoms with E-state index in [4.69, 9.17) is 0 Å². The molecule has 1 fully saturated rings. The van der Waals surface area contributed by atoms with E-state index < -0.39 is 0 Å². The molecule has 0 atom stereocenters. The topological polar surface area (TPSA) is 113 Å². The van der Waals surface area contributed by atoms with Crippen molar-refractivity contribution >= 4 is 16.9 Å². The van der Waals surface area contributed by atoms with E-state index in [-0.39, 0.29) is 11.4 Å². The normalized spacial score (nSPS) is 14.4. The van der Waals surface area contributed by atoms with Gasteiger partial charge in [-0.3, -0.25) is 4.79 Å². The van der Waals surface area contributed by atoms with E-state index in [0.717, 1.165) is 57.8 Å². The van der Waals surface area contributed by atoms with E-state index in [1.54, 1.807) is 17.2 Å². The van der Waals surface area contributed by atoms with Crippen LogP contribution in [0.1, 0.15) is 66.7 Å². The van der Waals surface area contributed by atoms with Crippen molar-refractivity contribution in [3.8, 4) is 22.5 Å². The summed E-state index contributed by atoms with van der Waals surface area (Å²) in [6, 6.07) is 17.3. The first-order valence-electron chi connectivity index (χ1n) is 14.2. The van der Waals surface area contributed by atoms with Crippen molar-refractivity contribution in [1.82, 2.24) is 40.6 Å². The van der Waals surface area contributed by atoms with Crippen LogP contribution < -0.4 is 10.6 Å². The number of carbonyl (C=O) groups is 1. The molecule has 0 saturated carbocycles. The number of piperidine rings is 1. The molecule has 3 aromatic heterocycles. The Hall–Kier alpha value is -4.37. The molecular weight excluding hydrogens is 512 g/mol. The molecule has 210 valence electrons. The Bertz CT molecular complexity index is 1690. The Balaban J connectivity index is 1.19. The predicted molar refractivity (Wildman–Crippen MR) is 161 cm³/mol. The zero-order valence-electron chi connectivity index (χ0n) is 24.0. The number of benzene rings is 2. The average molecular weight is 549 g/mol. The van der Waals surface area contributed by atoms with Gasteiger partial charge in [0.05, 0.1) is 17.4 Å². The van der Waals surface area contributed by atoms with E-state index in [2.05, 4.69) is 72.3 Å². The molecule has 4 heterocycles. The fraction of sp³-hybridized carbons (Fsp3) is 0.344. The molecule has 6 rings (SSSR count). The van der Waals surface area contributed by atoms with Gasteiger partial charge in [-0.1, -0.05) is 41.6 Å². The zero-order valence-corrected chi connectivity index (χ0v) is 24.0. The molecule has 1 aliphatic rings. The van der Waals surface area contributed by atoms with E-state index in [1.807, 2.05) is 39.8 Å². The highest BCUT2D eigenvalue weighted by atomic mass is 16.2. The van der Waals surface area contributed by atoms with Crippen molar-refractivity contribution in [2.45, 2.75) is 58.5 Å². The lowest BCUT2D eigenvalue weighted by molar-refractivity contribution is 0.0945. The predicted octanol–water partition coefficient (Wildman–Crippen LogP) is 5.34. The maximum absolute atomic E-state index is 12.7. The number of nitrogens with zero attached hydrogens (tertiary/aromatic N) is 5. The summed E-state index contributed by atoms with van der Waals surface area (Å²) in [4.78, 5) is 25.3. The van der Waals surface area contributed by atoms with Gasteiger partial charge in [-0.25, -0.2) is 14.6 Å². The Labute approximate surface area is 239 Å². The quantitative estimate of drug-likeness (QED) is 0.264. The van der Waals surface area contributed by atoms with E-state index in [0.29, 0.717) is 18.2 Å². The molecule has 0 spiro atoms. The molecule has 1 saturated heterocycles. The van der Waals surface area contributed by atoms with E-state index >= 15 is 0 Å². The fourth-order valence-corrected chi connectivity index (χ4v) is 5.42. The minimum Gasteiger partial charge on any atom is -0.347 e. The Morgan fingerprint density at radius 1 is 1.02 bits per heavy atom. The molecular formula is C32H36N8O. The number of nitrogens with one attached hydrogen (secondary N) is 3. The number of fused-ring (bicyclic) bond motifs is 1. The summed E-state index contributed by atoms with van der Waals surface area (Å²) < 4.78 is 1.70. The molecule has 1 amide bonds. The monoisotopic (exact) mass is 548 g/mol. The van der Waals surface area contributed by atoms with Gasteiger partial charge in [0.1, 0.15) is 12.0 Å². The molecule has 9 heteroatoms. The van der Waals surface area contributed by atoms with Crippen LogP contribution in [-0.2, 0) is 12.1 Å². The SMILES string of the molecule is Cc1cc(-c2ncnc3[nH]c(-c4ccc(C5CCNCC5)cc4)cc23)ccc1CNC(=O)c1cn(C(C)(C)C)nn1. The van der Waals surface area contributed by atoms with Gasteiger partial charge in [-0.15, -0.1) is 5.10 Å². The largest absolute Gasteiger partial charge is 0.347 e. The van der Waals surface area contributed by atoms with Crippen LogP contribution in [0, 0.1) is 6.92 Å². The summed E-state index contributed by atoms with van der Waals surface area (Å²) in [6.45, 7) is 10.7. The molecule has 1 aliphatic heterocycles. The van der Waals surface area contributed by atoms with Crippen molar-refractivity contribution < 1.29 is 4.79 Å². The van der Waals surface area contributed by atoms with Gasteiger partial charge in [0.15, 0.2) is 5.69 Å². The summed E-state index contributed by atoms with van der Waals surface area (Å²) in [6.07, 6.45) is 5.66. The maximum Gasteiger partial charge on any atom is 0.273 e. The summed E-state index contributed by atoms with van der Waals surface area (Å²) in [7, 11) is 0. The second kappa shape index (κ2) is 10.9. The summed E-state index contributed by atoms with van der Waals surface area (Å²) in [5, 5.41) is 15.5. The molecule has 0 unspecified atom stereocenters. The smallest absolute Gasteiger partial charge is 0.273 e. The lowest BCUT2D eigenvalue weighted by atomic mass is 9.89. The molecule has 0 aliphatic carbocycles. The number of amides is 1. The zero-order chi connectivity index (χ0) is 28.6. The number of hydrogen-bond acceptors (Lipinski definition) is 6. The Morgan fingerprint density at radius 3 is 2.49 bits per heavy atom. The third-order valence-electron chi connectivity index (χ3n) is 7.93. The molecule has 0 radical (unpaired) electrons. The number of carbonyl (C=O) groups excluding carboxylic acids is 1. The van der Waals surface area contributed by atoms with Crippen molar-refractivity contribution in [2.75, 3.05) is 13.1 Å². The Kier molecular flexibility index (Phi) is 7.13. The van der Waals surface area contributed by atoms with Gasteiger partial charge < -0.3 is 15.6 Å². The van der Waals surface area contributed by atoms with Crippen LogP contribution in [0.2, 0.25) is 0 Å². The van der Waals surface area contributed by atoms with Crippen LogP contribution in [0.15, 0.2) is 61.1 Å². The third-order valence-corrected chi connectivity index (χ3v) is 7.93. The number of rotatable bonds is 6. The Morgan fingerprint density at radius 2 is 1.78 bits per heavy atom. The number of aryl methyl sites for hydroxylation is 1. The summed E-state index contributed by atoms with van der Waals surface area (Å²) in [5.41, 5.74) is 8.43. The van der Waals surface area contributed by atoms with Crippen LogP contribution in [-0.4, -0.2) is 48.9 Å². The first-order valence-corrected chi connectivity index (χ1v) is 14.2. The van der Waals surface area contributed by atoms with Gasteiger partial charge in [0.2, 0.25) is 0 Å². The number of aromatic nitrogens is 6. The molecule has 5 aromatic rings. The standard InChI is InChI=1S/C32H36N8O/c1-20-15-24(9-10-25(20)17-34-31(41)28-18-40(39-38-28)32(2,3)4)29-26-16-27(37-30(26)36-19-35-29)23-7-5-21(6-8-23)22-11-13-33-14-12-22/h5-10,15-16,18-19,22,33H,11-14,17H2,1-4H3,(H,34,41)(H,35,36,37). The number of aromatic amines is 1.